The van der Waals surface area contributed by atoms with Crippen LogP contribution in [0.1, 0.15) is 0 Å². The maximum absolute atomic E-state index is 6.53. The Balaban J connectivity index is 0.978. The number of anilines is 6. The summed E-state index contributed by atoms with van der Waals surface area (Å²) in [5.41, 5.74) is 10.3. The van der Waals surface area contributed by atoms with Crippen LogP contribution in [-0.2, 0) is 0 Å². The highest BCUT2D eigenvalue weighted by Crippen LogP contribution is 2.40. The molecule has 0 saturated carbocycles. The lowest BCUT2D eigenvalue weighted by molar-refractivity contribution is 0.586. The average molecular weight is 699 g/mol. The summed E-state index contributed by atoms with van der Waals surface area (Å²) in [5.74, 6) is 2.90. The van der Waals surface area contributed by atoms with Crippen LogP contribution < -0.4 is 9.80 Å². The minimum atomic E-state index is 0.692. The third-order valence-corrected chi connectivity index (χ3v) is 9.35. The first-order chi connectivity index (χ1) is 26.8. The highest BCUT2D eigenvalue weighted by molar-refractivity contribution is 5.79. The Bertz CT molecular complexity index is 2380. The average Bonchev–Trinajstić information content (AvgIpc) is 3.95. The second-order valence-electron chi connectivity index (χ2n) is 12.8. The molecule has 4 heterocycles. The van der Waals surface area contributed by atoms with Crippen LogP contribution in [0.25, 0.3) is 44.9 Å². The molecule has 258 valence electrons. The summed E-state index contributed by atoms with van der Waals surface area (Å²) < 4.78 is 13.1. The Hall–Kier alpha value is -7.44. The Kier molecular flexibility index (Phi) is 8.81. The molecule has 6 nitrogen and oxygen atoms in total. The molecule has 0 spiro atoms. The SMILES string of the molecule is c1ccc(-c2ccc(N(c3cccnc3)c3ccc(-c4ccc(-c5ccc(N(c6ccc(-c7ccccc7)cc6)c6cccnc6)o5)cc4)o3)cc2)cc1. The maximum Gasteiger partial charge on any atom is 0.205 e. The summed E-state index contributed by atoms with van der Waals surface area (Å²) in [6.45, 7) is 0. The van der Waals surface area contributed by atoms with E-state index in [-0.39, 0.29) is 0 Å². The second-order valence-corrected chi connectivity index (χ2v) is 12.8. The van der Waals surface area contributed by atoms with Crippen LogP contribution in [0.3, 0.4) is 0 Å². The largest absolute Gasteiger partial charge is 0.440 e. The Labute approximate surface area is 313 Å². The summed E-state index contributed by atoms with van der Waals surface area (Å²) in [5, 5.41) is 0. The van der Waals surface area contributed by atoms with E-state index < -0.39 is 0 Å². The molecular formula is C48H34N4O2. The molecule has 0 fully saturated rings. The third kappa shape index (κ3) is 6.67. The molecule has 0 saturated heterocycles. The molecule has 0 atom stereocenters. The van der Waals surface area contributed by atoms with Crippen molar-refractivity contribution in [3.05, 3.63) is 207 Å². The number of rotatable bonds is 10. The van der Waals surface area contributed by atoms with Crippen molar-refractivity contribution in [1.82, 2.24) is 9.97 Å². The van der Waals surface area contributed by atoms with Crippen LogP contribution in [0.5, 0.6) is 0 Å². The van der Waals surface area contributed by atoms with Gasteiger partial charge in [0.05, 0.1) is 23.8 Å². The van der Waals surface area contributed by atoms with Gasteiger partial charge in [-0.05, 0) is 82.9 Å². The predicted molar refractivity (Wildman–Crippen MR) is 218 cm³/mol. The van der Waals surface area contributed by atoms with Crippen LogP contribution in [0.4, 0.5) is 34.5 Å². The zero-order chi connectivity index (χ0) is 36.1. The zero-order valence-corrected chi connectivity index (χ0v) is 29.2. The van der Waals surface area contributed by atoms with Crippen molar-refractivity contribution >= 4 is 34.5 Å². The highest BCUT2D eigenvalue weighted by atomic mass is 16.4. The van der Waals surface area contributed by atoms with Crippen molar-refractivity contribution < 1.29 is 8.83 Å². The van der Waals surface area contributed by atoms with Gasteiger partial charge < -0.3 is 8.83 Å². The molecule has 0 aliphatic rings. The van der Waals surface area contributed by atoms with Gasteiger partial charge in [-0.15, -0.1) is 0 Å². The van der Waals surface area contributed by atoms with Crippen molar-refractivity contribution in [2.24, 2.45) is 0 Å². The van der Waals surface area contributed by atoms with Gasteiger partial charge in [0.25, 0.3) is 0 Å². The van der Waals surface area contributed by atoms with Crippen LogP contribution in [-0.4, -0.2) is 9.97 Å². The van der Waals surface area contributed by atoms with Gasteiger partial charge in [-0.2, -0.15) is 0 Å². The summed E-state index contributed by atoms with van der Waals surface area (Å²) in [6, 6.07) is 61.9. The van der Waals surface area contributed by atoms with Gasteiger partial charge in [0.2, 0.25) is 11.8 Å². The second kappa shape index (κ2) is 14.7. The number of hydrogen-bond donors (Lipinski definition) is 0. The minimum absolute atomic E-state index is 0.692. The lowest BCUT2D eigenvalue weighted by Gasteiger charge is -2.22. The smallest absolute Gasteiger partial charge is 0.205 e. The topological polar surface area (TPSA) is 58.5 Å². The van der Waals surface area contributed by atoms with E-state index in [0.29, 0.717) is 11.8 Å². The number of hydrogen-bond acceptors (Lipinski definition) is 6. The number of pyridine rings is 2. The van der Waals surface area contributed by atoms with Gasteiger partial charge in [0.15, 0.2) is 0 Å². The predicted octanol–water partition coefficient (Wildman–Crippen LogP) is 13.3. The summed E-state index contributed by atoms with van der Waals surface area (Å²) in [6.07, 6.45) is 7.23. The van der Waals surface area contributed by atoms with Crippen LogP contribution >= 0.6 is 0 Å². The maximum atomic E-state index is 6.53. The minimum Gasteiger partial charge on any atom is -0.440 e. The number of nitrogens with zero attached hydrogens (tertiary/aromatic N) is 4. The Morgan fingerprint density at radius 2 is 0.667 bits per heavy atom. The van der Waals surface area contributed by atoms with E-state index in [0.717, 1.165) is 56.5 Å². The molecule has 0 aliphatic heterocycles. The van der Waals surface area contributed by atoms with Gasteiger partial charge in [-0.25, -0.2) is 0 Å². The molecular weight excluding hydrogens is 665 g/mol. The number of aromatic nitrogens is 2. The molecule has 9 aromatic rings. The van der Waals surface area contributed by atoms with E-state index in [1.54, 1.807) is 12.4 Å². The van der Waals surface area contributed by atoms with Crippen molar-refractivity contribution in [2.75, 3.05) is 9.80 Å². The molecule has 0 aliphatic carbocycles. The third-order valence-electron chi connectivity index (χ3n) is 9.35. The van der Waals surface area contributed by atoms with Gasteiger partial charge >= 0.3 is 0 Å². The standard InChI is InChI=1S/C48H34N4O2/c1-3-9-35(10-4-1)37-19-23-41(24-20-37)51(43-13-7-31-49-33-43)47-29-27-45(53-47)39-15-17-40(18-16-39)46-28-30-48(54-46)52(44-14-8-32-50-34-44)42-25-21-38(22-26-42)36-11-5-2-6-12-36/h1-34H. The van der Waals surface area contributed by atoms with E-state index in [1.807, 2.05) is 73.1 Å². The first-order valence-corrected chi connectivity index (χ1v) is 17.8. The normalized spacial score (nSPS) is 11.0. The Morgan fingerprint density at radius 1 is 0.296 bits per heavy atom. The van der Waals surface area contributed by atoms with Crippen molar-refractivity contribution in [2.45, 2.75) is 0 Å². The first kappa shape index (κ1) is 32.5. The van der Waals surface area contributed by atoms with E-state index in [2.05, 4.69) is 141 Å². The molecule has 5 aromatic carbocycles. The van der Waals surface area contributed by atoms with Crippen molar-refractivity contribution in [3.63, 3.8) is 0 Å². The molecule has 0 radical (unpaired) electrons. The first-order valence-electron chi connectivity index (χ1n) is 17.8. The lowest BCUT2D eigenvalue weighted by atomic mass is 10.1. The lowest BCUT2D eigenvalue weighted by Crippen LogP contribution is -2.09. The molecule has 54 heavy (non-hydrogen) atoms. The Morgan fingerprint density at radius 3 is 1.04 bits per heavy atom. The molecule has 4 aromatic heterocycles. The van der Waals surface area contributed by atoms with Crippen molar-refractivity contribution in [3.8, 4) is 44.9 Å². The van der Waals surface area contributed by atoms with Crippen LogP contribution in [0.15, 0.2) is 216 Å². The van der Waals surface area contributed by atoms with Crippen LogP contribution in [0, 0.1) is 0 Å². The molecule has 0 N–H and O–H groups in total. The molecule has 6 heteroatoms. The van der Waals surface area contributed by atoms with E-state index in [4.69, 9.17) is 8.83 Å². The quantitative estimate of drug-likeness (QED) is 0.142. The van der Waals surface area contributed by atoms with Crippen molar-refractivity contribution in [1.29, 1.82) is 0 Å². The molecule has 0 unspecified atom stereocenters. The highest BCUT2D eigenvalue weighted by Gasteiger charge is 2.19. The monoisotopic (exact) mass is 698 g/mol. The molecule has 0 amide bonds. The van der Waals surface area contributed by atoms with Gasteiger partial charge in [-0.3, -0.25) is 19.8 Å². The molecule has 0 bridgehead atoms. The van der Waals surface area contributed by atoms with E-state index in [1.165, 1.54) is 11.1 Å². The number of furan rings is 2. The van der Waals surface area contributed by atoms with Gasteiger partial charge in [-0.1, -0.05) is 109 Å². The fraction of sp³-hybridized carbons (Fsp3) is 0. The summed E-state index contributed by atoms with van der Waals surface area (Å²) >= 11 is 0. The fourth-order valence-corrected chi connectivity index (χ4v) is 6.65. The molecule has 9 rings (SSSR count). The summed E-state index contributed by atoms with van der Waals surface area (Å²) in [7, 11) is 0. The van der Waals surface area contributed by atoms with E-state index >= 15 is 0 Å². The van der Waals surface area contributed by atoms with E-state index in [9.17, 15) is 0 Å². The zero-order valence-electron chi connectivity index (χ0n) is 29.2. The van der Waals surface area contributed by atoms with Crippen LogP contribution in [0.2, 0.25) is 0 Å². The summed E-state index contributed by atoms with van der Waals surface area (Å²) in [4.78, 5) is 12.9. The van der Waals surface area contributed by atoms with Gasteiger partial charge in [0, 0.05) is 47.0 Å². The number of benzene rings is 5. The fourth-order valence-electron chi connectivity index (χ4n) is 6.65. The van der Waals surface area contributed by atoms with Gasteiger partial charge in [0.1, 0.15) is 11.5 Å².